The number of pyridine rings is 1. The second-order valence-electron chi connectivity index (χ2n) is 8.54. The summed E-state index contributed by atoms with van der Waals surface area (Å²) in [5.74, 6) is 2.55. The molecule has 0 aromatic carbocycles. The molecule has 2 aliphatic heterocycles. The van der Waals surface area contributed by atoms with Gasteiger partial charge in [0.2, 0.25) is 0 Å². The minimum Gasteiger partial charge on any atom is -0.357 e. The Morgan fingerprint density at radius 3 is 2.48 bits per heavy atom. The predicted octanol–water partition coefficient (Wildman–Crippen LogP) is 3.22. The first kappa shape index (κ1) is 18.6. The second kappa shape index (κ2) is 7.78. The van der Waals surface area contributed by atoms with Gasteiger partial charge in [0.25, 0.3) is 0 Å². The van der Waals surface area contributed by atoms with Crippen molar-refractivity contribution in [1.29, 1.82) is 0 Å². The molecule has 1 N–H and O–H groups in total. The monoisotopic (exact) mass is 393 g/mol. The van der Waals surface area contributed by atoms with E-state index >= 15 is 0 Å². The molecular formula is C22H31N7. The van der Waals surface area contributed by atoms with Gasteiger partial charge >= 0.3 is 0 Å². The molecule has 7 nitrogen and oxygen atoms in total. The van der Waals surface area contributed by atoms with Crippen molar-refractivity contribution in [3.05, 3.63) is 24.0 Å². The molecular weight excluding hydrogens is 362 g/mol. The van der Waals surface area contributed by atoms with Crippen LogP contribution in [0.15, 0.2) is 18.3 Å². The highest BCUT2D eigenvalue weighted by Crippen LogP contribution is 2.31. The van der Waals surface area contributed by atoms with Crippen LogP contribution in [0.5, 0.6) is 0 Å². The molecule has 3 aromatic heterocycles. The van der Waals surface area contributed by atoms with Gasteiger partial charge in [0.05, 0.1) is 11.1 Å². The van der Waals surface area contributed by atoms with E-state index in [4.69, 9.17) is 15.1 Å². The molecule has 0 unspecified atom stereocenters. The average molecular weight is 394 g/mol. The van der Waals surface area contributed by atoms with Gasteiger partial charge in [-0.25, -0.2) is 14.6 Å². The number of rotatable bonds is 3. The highest BCUT2D eigenvalue weighted by atomic mass is 15.3. The van der Waals surface area contributed by atoms with Crippen molar-refractivity contribution in [3.8, 4) is 11.5 Å². The van der Waals surface area contributed by atoms with E-state index in [-0.39, 0.29) is 0 Å². The second-order valence-corrected chi connectivity index (χ2v) is 8.54. The first-order valence-corrected chi connectivity index (χ1v) is 11.0. The number of fused-ring (bicyclic) bond motifs is 1. The summed E-state index contributed by atoms with van der Waals surface area (Å²) in [6.07, 6.45) is 9.65. The van der Waals surface area contributed by atoms with Crippen LogP contribution in [0.4, 0.5) is 5.82 Å². The van der Waals surface area contributed by atoms with Crippen molar-refractivity contribution < 1.29 is 0 Å². The molecule has 7 heteroatoms. The van der Waals surface area contributed by atoms with E-state index in [1.807, 2.05) is 11.7 Å². The molecule has 0 bridgehead atoms. The van der Waals surface area contributed by atoms with E-state index in [1.54, 1.807) is 0 Å². The Morgan fingerprint density at radius 1 is 0.966 bits per heavy atom. The topological polar surface area (TPSA) is 63.8 Å². The van der Waals surface area contributed by atoms with E-state index < -0.39 is 0 Å². The molecule has 0 aliphatic carbocycles. The predicted molar refractivity (Wildman–Crippen MR) is 116 cm³/mol. The number of nitrogens with zero attached hydrogens (tertiary/aromatic N) is 6. The first-order chi connectivity index (χ1) is 14.2. The lowest BCUT2D eigenvalue weighted by molar-refractivity contribution is 0.454. The highest BCUT2D eigenvalue weighted by Gasteiger charge is 2.23. The van der Waals surface area contributed by atoms with E-state index in [0.29, 0.717) is 5.92 Å². The number of aryl methyl sites for hydroxylation is 2. The Morgan fingerprint density at radius 2 is 1.72 bits per heavy atom. The van der Waals surface area contributed by atoms with E-state index in [9.17, 15) is 0 Å². The Balaban J connectivity index is 1.50. The van der Waals surface area contributed by atoms with Gasteiger partial charge in [-0.15, -0.1) is 0 Å². The van der Waals surface area contributed by atoms with Crippen LogP contribution in [-0.4, -0.2) is 50.5 Å². The van der Waals surface area contributed by atoms with Gasteiger partial charge < -0.3 is 14.8 Å². The molecule has 0 spiro atoms. The fourth-order valence-electron chi connectivity index (χ4n) is 4.79. The molecule has 0 amide bonds. The van der Waals surface area contributed by atoms with Crippen LogP contribution in [0.3, 0.4) is 0 Å². The summed E-state index contributed by atoms with van der Waals surface area (Å²) in [5.41, 5.74) is 3.06. The summed E-state index contributed by atoms with van der Waals surface area (Å²) in [7, 11) is 4.06. The van der Waals surface area contributed by atoms with Gasteiger partial charge in [-0.3, -0.25) is 0 Å². The largest absolute Gasteiger partial charge is 0.357 e. The van der Waals surface area contributed by atoms with Gasteiger partial charge in [0.1, 0.15) is 11.5 Å². The molecule has 3 aromatic rings. The van der Waals surface area contributed by atoms with Crippen LogP contribution >= 0.6 is 0 Å². The maximum Gasteiger partial charge on any atom is 0.161 e. The maximum absolute atomic E-state index is 5.01. The standard InChI is InChI=1S/C22H31N7/c1-27-15-18(16-9-11-23-12-10-16)24-22(27)20-17-7-8-19(25-21(17)28(2)26-20)29-13-5-3-4-6-14-29/h7-8,15-16,23H,3-6,9-14H2,1-2H3. The zero-order chi connectivity index (χ0) is 19.8. The lowest BCUT2D eigenvalue weighted by Gasteiger charge is -2.21. The fraction of sp³-hybridized carbons (Fsp3) is 0.591. The Labute approximate surface area is 172 Å². The van der Waals surface area contributed by atoms with Gasteiger partial charge in [0.15, 0.2) is 11.5 Å². The van der Waals surface area contributed by atoms with E-state index in [1.165, 1.54) is 31.4 Å². The van der Waals surface area contributed by atoms with E-state index in [2.05, 4.69) is 40.2 Å². The van der Waals surface area contributed by atoms with Crippen LogP contribution in [-0.2, 0) is 14.1 Å². The molecule has 0 radical (unpaired) electrons. The Hall–Kier alpha value is -2.41. The van der Waals surface area contributed by atoms with Crippen LogP contribution in [0, 0.1) is 0 Å². The number of nitrogens with one attached hydrogen (secondary N) is 1. The van der Waals surface area contributed by atoms with Crippen LogP contribution < -0.4 is 10.2 Å². The summed E-state index contributed by atoms with van der Waals surface area (Å²) in [5, 5.41) is 9.34. The molecule has 2 aliphatic rings. The quantitative estimate of drug-likeness (QED) is 0.740. The highest BCUT2D eigenvalue weighted by molar-refractivity contribution is 5.90. The lowest BCUT2D eigenvalue weighted by atomic mass is 9.95. The number of hydrogen-bond donors (Lipinski definition) is 1. The summed E-state index contributed by atoms with van der Waals surface area (Å²) < 4.78 is 4.03. The SMILES string of the molecule is Cn1cc(C2CCNCC2)nc1-c1nn(C)c2nc(N3CCCCCC3)ccc12. The van der Waals surface area contributed by atoms with Crippen molar-refractivity contribution in [2.45, 2.75) is 44.4 Å². The number of imidazole rings is 1. The van der Waals surface area contributed by atoms with Crippen molar-refractivity contribution in [1.82, 2.24) is 29.6 Å². The number of anilines is 1. The molecule has 5 rings (SSSR count). The molecule has 2 saturated heterocycles. The van der Waals surface area contributed by atoms with Gasteiger partial charge in [0, 0.05) is 39.3 Å². The zero-order valence-electron chi connectivity index (χ0n) is 17.6. The summed E-state index contributed by atoms with van der Waals surface area (Å²) >= 11 is 0. The average Bonchev–Trinajstić information content (AvgIpc) is 3.15. The van der Waals surface area contributed by atoms with Crippen molar-refractivity contribution in [3.63, 3.8) is 0 Å². The van der Waals surface area contributed by atoms with Crippen molar-refractivity contribution >= 4 is 16.9 Å². The third kappa shape index (κ3) is 3.52. The van der Waals surface area contributed by atoms with Crippen molar-refractivity contribution in [2.24, 2.45) is 14.1 Å². The van der Waals surface area contributed by atoms with Crippen LogP contribution in [0.1, 0.15) is 50.1 Å². The minimum atomic E-state index is 0.541. The van der Waals surface area contributed by atoms with Gasteiger partial charge in [-0.05, 0) is 50.9 Å². The molecule has 154 valence electrons. The summed E-state index contributed by atoms with van der Waals surface area (Å²) in [4.78, 5) is 12.4. The van der Waals surface area contributed by atoms with Crippen LogP contribution in [0.25, 0.3) is 22.6 Å². The molecule has 0 saturated carbocycles. The third-order valence-electron chi connectivity index (χ3n) is 6.47. The maximum atomic E-state index is 5.01. The lowest BCUT2D eigenvalue weighted by Crippen LogP contribution is -2.26. The Bertz CT molecular complexity index is 988. The first-order valence-electron chi connectivity index (χ1n) is 11.0. The smallest absolute Gasteiger partial charge is 0.161 e. The fourth-order valence-corrected chi connectivity index (χ4v) is 4.79. The number of aromatic nitrogens is 5. The molecule has 29 heavy (non-hydrogen) atoms. The Kier molecular flexibility index (Phi) is 4.99. The zero-order valence-corrected chi connectivity index (χ0v) is 17.6. The summed E-state index contributed by atoms with van der Waals surface area (Å²) in [6, 6.07) is 4.35. The third-order valence-corrected chi connectivity index (χ3v) is 6.47. The molecule has 2 fully saturated rings. The van der Waals surface area contributed by atoms with Crippen LogP contribution in [0.2, 0.25) is 0 Å². The van der Waals surface area contributed by atoms with E-state index in [0.717, 1.165) is 67.4 Å². The van der Waals surface area contributed by atoms with Crippen molar-refractivity contribution in [2.75, 3.05) is 31.1 Å². The number of hydrogen-bond acceptors (Lipinski definition) is 5. The molecule has 5 heterocycles. The normalized spacial score (nSPS) is 19.0. The minimum absolute atomic E-state index is 0.541. The van der Waals surface area contributed by atoms with Gasteiger partial charge in [-0.2, -0.15) is 5.10 Å². The van der Waals surface area contributed by atoms with Gasteiger partial charge in [-0.1, -0.05) is 12.8 Å². The number of piperidine rings is 1. The molecule has 0 atom stereocenters. The summed E-state index contributed by atoms with van der Waals surface area (Å²) in [6.45, 7) is 4.35.